The second kappa shape index (κ2) is 4.81. The highest BCUT2D eigenvalue weighted by Crippen LogP contribution is 2.63. The number of piperazine rings is 1. The molecule has 1 aromatic carbocycles. The van der Waals surface area contributed by atoms with Crippen molar-refractivity contribution in [2.75, 3.05) is 11.9 Å². The third-order valence-corrected chi connectivity index (χ3v) is 6.86. The number of fused-ring (bicyclic) bond motifs is 6. The highest BCUT2D eigenvalue weighted by Gasteiger charge is 2.75. The Bertz CT molecular complexity index is 936. The fourth-order valence-electron chi connectivity index (χ4n) is 5.51. The molecule has 0 spiro atoms. The first-order valence-electron chi connectivity index (χ1n) is 9.37. The summed E-state index contributed by atoms with van der Waals surface area (Å²) >= 11 is 0. The van der Waals surface area contributed by atoms with Crippen LogP contribution in [-0.2, 0) is 15.2 Å². The molecule has 4 heterocycles. The van der Waals surface area contributed by atoms with Crippen LogP contribution in [0.25, 0.3) is 0 Å². The third kappa shape index (κ3) is 1.62. The van der Waals surface area contributed by atoms with Crippen molar-refractivity contribution in [2.24, 2.45) is 5.41 Å². The molecule has 2 saturated heterocycles. The number of nitrogens with zero attached hydrogens (tertiary/aromatic N) is 2. The summed E-state index contributed by atoms with van der Waals surface area (Å²) in [5.41, 5.74) is -1.33. The van der Waals surface area contributed by atoms with E-state index in [0.717, 1.165) is 11.3 Å². The summed E-state index contributed by atoms with van der Waals surface area (Å²) in [6.07, 6.45) is 4.43. The maximum Gasteiger partial charge on any atom is 0.272 e. The van der Waals surface area contributed by atoms with E-state index in [9.17, 15) is 14.7 Å². The van der Waals surface area contributed by atoms with Crippen LogP contribution in [0.3, 0.4) is 0 Å². The van der Waals surface area contributed by atoms with Crippen LogP contribution in [-0.4, -0.2) is 45.0 Å². The Labute approximate surface area is 158 Å². The number of hydrogen-bond donors (Lipinski definition) is 2. The Morgan fingerprint density at radius 2 is 2.07 bits per heavy atom. The van der Waals surface area contributed by atoms with E-state index in [1.807, 2.05) is 44.2 Å². The van der Waals surface area contributed by atoms with Gasteiger partial charge in [-0.1, -0.05) is 44.2 Å². The minimum absolute atomic E-state index is 0.111. The number of para-hydroxylation sites is 1. The van der Waals surface area contributed by atoms with E-state index in [1.54, 1.807) is 15.9 Å². The number of benzene rings is 1. The molecule has 2 amide bonds. The van der Waals surface area contributed by atoms with Gasteiger partial charge in [-0.05, 0) is 12.5 Å². The zero-order valence-electron chi connectivity index (χ0n) is 15.5. The number of anilines is 1. The van der Waals surface area contributed by atoms with Gasteiger partial charge in [-0.25, -0.2) is 0 Å². The van der Waals surface area contributed by atoms with Crippen LogP contribution in [0.15, 0.2) is 48.7 Å². The van der Waals surface area contributed by atoms with Crippen LogP contribution in [0.2, 0.25) is 0 Å². The van der Waals surface area contributed by atoms with Crippen molar-refractivity contribution in [1.82, 2.24) is 9.80 Å². The second-order valence-corrected chi connectivity index (χ2v) is 8.43. The fourth-order valence-corrected chi connectivity index (χ4v) is 5.51. The quantitative estimate of drug-likeness (QED) is 0.786. The van der Waals surface area contributed by atoms with Gasteiger partial charge in [0.05, 0.1) is 0 Å². The molecule has 4 aliphatic rings. The van der Waals surface area contributed by atoms with Gasteiger partial charge >= 0.3 is 0 Å². The Kier molecular flexibility index (Phi) is 2.95. The molecule has 0 unspecified atom stereocenters. The van der Waals surface area contributed by atoms with E-state index in [4.69, 9.17) is 0 Å². The number of rotatable bonds is 2. The van der Waals surface area contributed by atoms with E-state index in [0.29, 0.717) is 18.7 Å². The minimum Gasteiger partial charge on any atom is -0.380 e. The summed E-state index contributed by atoms with van der Waals surface area (Å²) in [5, 5.41) is 15.5. The van der Waals surface area contributed by atoms with E-state index < -0.39 is 22.7 Å². The smallest absolute Gasteiger partial charge is 0.272 e. The third-order valence-electron chi connectivity index (χ3n) is 6.86. The van der Waals surface area contributed by atoms with Crippen molar-refractivity contribution in [3.8, 4) is 0 Å². The van der Waals surface area contributed by atoms with Gasteiger partial charge in [0.15, 0.2) is 5.66 Å². The summed E-state index contributed by atoms with van der Waals surface area (Å²) in [4.78, 5) is 29.9. The molecule has 0 bridgehead atoms. The first-order chi connectivity index (χ1) is 12.8. The van der Waals surface area contributed by atoms with Crippen LogP contribution in [0.4, 0.5) is 5.69 Å². The molecule has 6 nitrogen and oxygen atoms in total. The lowest BCUT2D eigenvalue weighted by Gasteiger charge is -2.53. The maximum absolute atomic E-state index is 13.5. The summed E-state index contributed by atoms with van der Waals surface area (Å²) in [7, 11) is 0. The maximum atomic E-state index is 13.5. The number of carbonyl (C=O) groups is 2. The molecule has 2 fully saturated rings. The first-order valence-corrected chi connectivity index (χ1v) is 9.37. The van der Waals surface area contributed by atoms with Gasteiger partial charge in [0.25, 0.3) is 5.91 Å². The summed E-state index contributed by atoms with van der Waals surface area (Å²) in [6.45, 7) is 8.40. The predicted octanol–water partition coefficient (Wildman–Crippen LogP) is 1.94. The minimum atomic E-state index is -1.39. The molecular weight excluding hydrogens is 342 g/mol. The lowest BCUT2D eigenvalue weighted by atomic mass is 9.68. The van der Waals surface area contributed by atoms with Crippen LogP contribution < -0.4 is 5.32 Å². The lowest BCUT2D eigenvalue weighted by molar-refractivity contribution is -0.159. The molecule has 5 rings (SSSR count). The number of nitrogens with one attached hydrogen (secondary N) is 1. The predicted molar refractivity (Wildman–Crippen MR) is 100 cm³/mol. The van der Waals surface area contributed by atoms with Crippen molar-refractivity contribution in [2.45, 2.75) is 44.0 Å². The van der Waals surface area contributed by atoms with Gasteiger partial charge < -0.3 is 15.3 Å². The second-order valence-electron chi connectivity index (χ2n) is 8.43. The van der Waals surface area contributed by atoms with E-state index >= 15 is 0 Å². The standard InChI is InChI=1S/C21H23N3O3/c1-4-19(2,3)21-20(27,13-8-5-6-9-14(13)22-21)12-16-17(25)23-11-7-10-15(23)18(26)24(16)21/h4-6,8-10,16,22,27H,1,7,11-12H2,2-3H3/t16-,20-,21+/m0/s1. The first kappa shape index (κ1) is 16.6. The summed E-state index contributed by atoms with van der Waals surface area (Å²) < 4.78 is 0. The molecule has 0 aromatic heterocycles. The van der Waals surface area contributed by atoms with Gasteiger partial charge in [0.2, 0.25) is 5.91 Å². The van der Waals surface area contributed by atoms with Crippen molar-refractivity contribution in [1.29, 1.82) is 0 Å². The lowest BCUT2D eigenvalue weighted by Crippen LogP contribution is -2.71. The van der Waals surface area contributed by atoms with Crippen molar-refractivity contribution in [3.05, 3.63) is 54.3 Å². The van der Waals surface area contributed by atoms with Crippen LogP contribution in [0.1, 0.15) is 32.3 Å². The number of hydrogen-bond acceptors (Lipinski definition) is 4. The molecule has 4 aliphatic heterocycles. The van der Waals surface area contributed by atoms with Crippen molar-refractivity contribution in [3.63, 3.8) is 0 Å². The molecule has 1 aromatic rings. The van der Waals surface area contributed by atoms with Crippen LogP contribution >= 0.6 is 0 Å². The highest BCUT2D eigenvalue weighted by atomic mass is 16.3. The van der Waals surface area contributed by atoms with Gasteiger partial charge in [0, 0.05) is 29.6 Å². The number of aliphatic hydroxyl groups is 1. The number of carbonyl (C=O) groups excluding carboxylic acids is 2. The zero-order chi connectivity index (χ0) is 19.2. The largest absolute Gasteiger partial charge is 0.380 e. The molecule has 0 saturated carbocycles. The molecular formula is C21H23N3O3. The monoisotopic (exact) mass is 365 g/mol. The SMILES string of the molecule is C=CC(C)(C)[C@]12Nc3ccccc3[C@@]1(O)C[C@H]1C(=O)N3CCC=C3C(=O)N12. The summed E-state index contributed by atoms with van der Waals surface area (Å²) in [5.74, 6) is -0.317. The number of amides is 2. The topological polar surface area (TPSA) is 72.9 Å². The van der Waals surface area contributed by atoms with Gasteiger partial charge in [-0.3, -0.25) is 14.5 Å². The normalized spacial score (nSPS) is 33.9. The molecule has 27 heavy (non-hydrogen) atoms. The molecule has 0 radical (unpaired) electrons. The van der Waals surface area contributed by atoms with Crippen molar-refractivity contribution >= 4 is 17.5 Å². The Morgan fingerprint density at radius 1 is 1.33 bits per heavy atom. The molecule has 3 atom stereocenters. The molecule has 2 N–H and O–H groups in total. The molecule has 0 aliphatic carbocycles. The van der Waals surface area contributed by atoms with Gasteiger partial charge in [-0.2, -0.15) is 0 Å². The van der Waals surface area contributed by atoms with Gasteiger partial charge in [0.1, 0.15) is 17.3 Å². The van der Waals surface area contributed by atoms with E-state index in [1.165, 1.54) is 0 Å². The van der Waals surface area contributed by atoms with Crippen LogP contribution in [0, 0.1) is 5.41 Å². The Balaban J connectivity index is 1.79. The average molecular weight is 365 g/mol. The fraction of sp³-hybridized carbons (Fsp3) is 0.429. The molecule has 6 heteroatoms. The van der Waals surface area contributed by atoms with Crippen molar-refractivity contribution < 1.29 is 14.7 Å². The average Bonchev–Trinajstić information content (AvgIpc) is 3.29. The molecule has 140 valence electrons. The zero-order valence-corrected chi connectivity index (χ0v) is 15.5. The van der Waals surface area contributed by atoms with E-state index in [2.05, 4.69) is 11.9 Å². The Hall–Kier alpha value is -2.60. The highest BCUT2D eigenvalue weighted by molar-refractivity contribution is 6.07. The van der Waals surface area contributed by atoms with Gasteiger partial charge in [-0.15, -0.1) is 6.58 Å². The summed E-state index contributed by atoms with van der Waals surface area (Å²) in [6, 6.07) is 6.85. The Morgan fingerprint density at radius 3 is 2.81 bits per heavy atom. The van der Waals surface area contributed by atoms with Crippen LogP contribution in [0.5, 0.6) is 0 Å². The van der Waals surface area contributed by atoms with E-state index in [-0.39, 0.29) is 18.2 Å².